The Morgan fingerprint density at radius 2 is 1.88 bits per heavy atom. The Labute approximate surface area is 154 Å². The van der Waals surface area contributed by atoms with Crippen molar-refractivity contribution in [3.05, 3.63) is 29.8 Å². The maximum Gasteiger partial charge on any atom is 0.251 e. The molecule has 1 aliphatic rings. The lowest BCUT2D eigenvalue weighted by atomic mass is 10.2. The summed E-state index contributed by atoms with van der Waals surface area (Å²) < 4.78 is 0. The van der Waals surface area contributed by atoms with E-state index in [2.05, 4.69) is 10.6 Å². The maximum atomic E-state index is 12.3. The molecule has 0 heterocycles. The second-order valence-electron chi connectivity index (χ2n) is 6.88. The first-order chi connectivity index (χ1) is 12.4. The zero-order chi connectivity index (χ0) is 19.1. The van der Waals surface area contributed by atoms with Crippen LogP contribution in [0.25, 0.3) is 0 Å². The normalized spacial score (nSPS) is 13.4. The van der Waals surface area contributed by atoms with Crippen LogP contribution in [0.5, 0.6) is 0 Å². The maximum absolute atomic E-state index is 12.3. The van der Waals surface area contributed by atoms with Crippen molar-refractivity contribution in [2.75, 3.05) is 39.0 Å². The summed E-state index contributed by atoms with van der Waals surface area (Å²) in [7, 11) is 3.40. The number of benzene rings is 1. The zero-order valence-corrected chi connectivity index (χ0v) is 15.7. The van der Waals surface area contributed by atoms with Crippen molar-refractivity contribution in [1.82, 2.24) is 15.1 Å². The van der Waals surface area contributed by atoms with E-state index < -0.39 is 0 Å². The molecular weight excluding hydrogens is 332 g/mol. The van der Waals surface area contributed by atoms with Gasteiger partial charge in [-0.05, 0) is 44.0 Å². The smallest absolute Gasteiger partial charge is 0.251 e. The summed E-state index contributed by atoms with van der Waals surface area (Å²) in [5.74, 6) is -0.359. The molecule has 1 aromatic rings. The molecule has 1 aromatic carbocycles. The number of hydrogen-bond acceptors (Lipinski definition) is 4. The molecular formula is C19H28N4O3. The first-order valence-corrected chi connectivity index (χ1v) is 9.02. The topological polar surface area (TPSA) is 81.8 Å². The molecule has 2 N–H and O–H groups in total. The van der Waals surface area contributed by atoms with Crippen LogP contribution in [-0.4, -0.2) is 67.3 Å². The first-order valence-electron chi connectivity index (χ1n) is 9.02. The van der Waals surface area contributed by atoms with Crippen LogP contribution in [0.2, 0.25) is 0 Å². The number of carbonyl (C=O) groups excluding carboxylic acids is 3. The van der Waals surface area contributed by atoms with Crippen LogP contribution in [0.4, 0.5) is 5.69 Å². The fourth-order valence-corrected chi connectivity index (χ4v) is 2.50. The van der Waals surface area contributed by atoms with Crippen molar-refractivity contribution in [3.8, 4) is 0 Å². The third kappa shape index (κ3) is 6.48. The van der Waals surface area contributed by atoms with Gasteiger partial charge in [0.2, 0.25) is 11.8 Å². The van der Waals surface area contributed by atoms with Gasteiger partial charge < -0.3 is 15.5 Å². The Morgan fingerprint density at radius 3 is 2.50 bits per heavy atom. The molecule has 1 aliphatic carbocycles. The largest absolute Gasteiger partial charge is 0.349 e. The lowest BCUT2D eigenvalue weighted by Crippen LogP contribution is -2.41. The molecule has 0 bridgehead atoms. The van der Waals surface area contributed by atoms with E-state index in [-0.39, 0.29) is 36.9 Å². The van der Waals surface area contributed by atoms with Gasteiger partial charge in [0.25, 0.3) is 5.91 Å². The van der Waals surface area contributed by atoms with Gasteiger partial charge in [0.15, 0.2) is 0 Å². The van der Waals surface area contributed by atoms with E-state index in [1.807, 2.05) is 11.8 Å². The van der Waals surface area contributed by atoms with Crippen molar-refractivity contribution < 1.29 is 14.4 Å². The molecule has 142 valence electrons. The number of likely N-dealkylation sites (N-methyl/N-ethyl adjacent to an activating group) is 1. The third-order valence-corrected chi connectivity index (χ3v) is 4.09. The molecule has 0 unspecified atom stereocenters. The van der Waals surface area contributed by atoms with Gasteiger partial charge in [-0.25, -0.2) is 0 Å². The highest BCUT2D eigenvalue weighted by Gasteiger charge is 2.24. The third-order valence-electron chi connectivity index (χ3n) is 4.09. The molecule has 26 heavy (non-hydrogen) atoms. The molecule has 0 aliphatic heterocycles. The van der Waals surface area contributed by atoms with E-state index in [1.165, 1.54) is 4.90 Å². The Morgan fingerprint density at radius 1 is 1.15 bits per heavy atom. The Hall–Kier alpha value is -2.41. The van der Waals surface area contributed by atoms with Crippen molar-refractivity contribution >= 4 is 23.4 Å². The average Bonchev–Trinajstić information content (AvgIpc) is 3.39. The molecule has 2 rings (SSSR count). The van der Waals surface area contributed by atoms with Crippen molar-refractivity contribution in [2.24, 2.45) is 0 Å². The summed E-state index contributed by atoms with van der Waals surface area (Å²) in [5.41, 5.74) is 1.11. The van der Waals surface area contributed by atoms with E-state index in [9.17, 15) is 14.4 Å². The van der Waals surface area contributed by atoms with Gasteiger partial charge in [0.1, 0.15) is 0 Å². The second-order valence-corrected chi connectivity index (χ2v) is 6.88. The van der Waals surface area contributed by atoms with E-state index in [0.29, 0.717) is 17.8 Å². The van der Waals surface area contributed by atoms with Crippen molar-refractivity contribution in [1.29, 1.82) is 0 Å². The summed E-state index contributed by atoms with van der Waals surface area (Å²) in [5, 5.41) is 5.74. The molecule has 1 fully saturated rings. The molecule has 1 saturated carbocycles. The number of rotatable bonds is 9. The minimum absolute atomic E-state index is 0.0370. The molecule has 7 heteroatoms. The fourth-order valence-electron chi connectivity index (χ4n) is 2.50. The van der Waals surface area contributed by atoms with Gasteiger partial charge in [-0.1, -0.05) is 13.0 Å². The Balaban J connectivity index is 1.92. The van der Waals surface area contributed by atoms with Crippen LogP contribution in [0, 0.1) is 0 Å². The van der Waals surface area contributed by atoms with Gasteiger partial charge in [0, 0.05) is 31.4 Å². The number of amides is 3. The lowest BCUT2D eigenvalue weighted by Gasteiger charge is -2.22. The molecule has 3 amide bonds. The molecule has 0 spiro atoms. The minimum Gasteiger partial charge on any atom is -0.349 e. The lowest BCUT2D eigenvalue weighted by molar-refractivity contribution is -0.130. The molecule has 0 aromatic heterocycles. The van der Waals surface area contributed by atoms with Crippen molar-refractivity contribution in [2.45, 2.75) is 32.2 Å². The zero-order valence-electron chi connectivity index (χ0n) is 15.7. The number of nitrogens with one attached hydrogen (secondary N) is 2. The number of anilines is 1. The average molecular weight is 360 g/mol. The van der Waals surface area contributed by atoms with Gasteiger partial charge in [-0.3, -0.25) is 19.3 Å². The monoisotopic (exact) mass is 360 g/mol. The van der Waals surface area contributed by atoms with E-state index in [0.717, 1.165) is 19.3 Å². The van der Waals surface area contributed by atoms with Crippen LogP contribution in [0.3, 0.4) is 0 Å². The predicted octanol–water partition coefficient (Wildman–Crippen LogP) is 1.32. The SMILES string of the molecule is CCCN(CC(=O)Nc1cccc(C(=O)NC2CC2)c1)CC(=O)N(C)C. The second kappa shape index (κ2) is 9.33. The first kappa shape index (κ1) is 19.9. The van der Waals surface area contributed by atoms with Crippen LogP contribution in [0.15, 0.2) is 24.3 Å². The highest BCUT2D eigenvalue weighted by atomic mass is 16.2. The molecule has 7 nitrogen and oxygen atoms in total. The van der Waals surface area contributed by atoms with Crippen LogP contribution >= 0.6 is 0 Å². The number of hydrogen-bond donors (Lipinski definition) is 2. The highest BCUT2D eigenvalue weighted by Crippen LogP contribution is 2.20. The quantitative estimate of drug-likeness (QED) is 0.696. The fraction of sp³-hybridized carbons (Fsp3) is 0.526. The van der Waals surface area contributed by atoms with E-state index in [1.54, 1.807) is 38.4 Å². The van der Waals surface area contributed by atoms with Crippen LogP contribution in [0.1, 0.15) is 36.5 Å². The van der Waals surface area contributed by atoms with Gasteiger partial charge in [-0.2, -0.15) is 0 Å². The van der Waals surface area contributed by atoms with Gasteiger partial charge in [-0.15, -0.1) is 0 Å². The molecule has 0 atom stereocenters. The van der Waals surface area contributed by atoms with Crippen LogP contribution in [-0.2, 0) is 9.59 Å². The molecule has 0 radical (unpaired) electrons. The number of carbonyl (C=O) groups is 3. The Bertz CT molecular complexity index is 656. The summed E-state index contributed by atoms with van der Waals surface area (Å²) in [6.07, 6.45) is 2.91. The van der Waals surface area contributed by atoms with Gasteiger partial charge in [0.05, 0.1) is 13.1 Å². The van der Waals surface area contributed by atoms with E-state index in [4.69, 9.17) is 0 Å². The highest BCUT2D eigenvalue weighted by molar-refractivity contribution is 5.98. The minimum atomic E-state index is -0.204. The standard InChI is InChI=1S/C19H28N4O3/c1-4-10-23(13-18(25)22(2)3)12-17(24)20-16-7-5-6-14(11-16)19(26)21-15-8-9-15/h5-7,11,15H,4,8-10,12-13H2,1-3H3,(H,20,24)(H,21,26). The van der Waals surface area contributed by atoms with Gasteiger partial charge >= 0.3 is 0 Å². The summed E-state index contributed by atoms with van der Waals surface area (Å²) in [6, 6.07) is 7.19. The Kier molecular flexibility index (Phi) is 7.15. The van der Waals surface area contributed by atoms with E-state index >= 15 is 0 Å². The summed E-state index contributed by atoms with van der Waals surface area (Å²) in [4.78, 5) is 39.7. The number of nitrogens with zero attached hydrogens (tertiary/aromatic N) is 2. The summed E-state index contributed by atoms with van der Waals surface area (Å²) in [6.45, 7) is 3.01. The summed E-state index contributed by atoms with van der Waals surface area (Å²) >= 11 is 0. The predicted molar refractivity (Wildman–Crippen MR) is 101 cm³/mol. The molecule has 0 saturated heterocycles. The van der Waals surface area contributed by atoms with Crippen molar-refractivity contribution in [3.63, 3.8) is 0 Å². The van der Waals surface area contributed by atoms with Crippen LogP contribution < -0.4 is 10.6 Å².